The highest BCUT2D eigenvalue weighted by Crippen LogP contribution is 2.35. The molecule has 0 saturated carbocycles. The number of benzene rings is 1. The van der Waals surface area contributed by atoms with Gasteiger partial charge < -0.3 is 19.4 Å². The second-order valence-corrected chi connectivity index (χ2v) is 6.79. The molecule has 2 atom stereocenters. The zero-order valence-electron chi connectivity index (χ0n) is 14.5. The quantitative estimate of drug-likeness (QED) is 0.930. The van der Waals surface area contributed by atoms with Crippen molar-refractivity contribution in [2.75, 3.05) is 7.11 Å². The van der Waals surface area contributed by atoms with Crippen molar-refractivity contribution < 1.29 is 9.47 Å². The van der Waals surface area contributed by atoms with Gasteiger partial charge in [-0.25, -0.2) is 0 Å². The summed E-state index contributed by atoms with van der Waals surface area (Å²) in [5.74, 6) is 4.04. The van der Waals surface area contributed by atoms with Gasteiger partial charge in [-0.2, -0.15) is 0 Å². The van der Waals surface area contributed by atoms with Crippen LogP contribution in [0.25, 0.3) is 0 Å². The normalized spacial score (nSPS) is 22.0. The van der Waals surface area contributed by atoms with E-state index in [1.54, 1.807) is 7.11 Å². The molecule has 0 amide bonds. The minimum atomic E-state index is 0.251. The molecule has 24 heavy (non-hydrogen) atoms. The molecule has 0 spiro atoms. The maximum absolute atomic E-state index is 5.89. The lowest BCUT2D eigenvalue weighted by Gasteiger charge is -2.25. The van der Waals surface area contributed by atoms with Gasteiger partial charge in [0.15, 0.2) is 0 Å². The molecule has 0 saturated heterocycles. The van der Waals surface area contributed by atoms with Crippen molar-refractivity contribution in [2.45, 2.75) is 58.3 Å². The van der Waals surface area contributed by atoms with Crippen molar-refractivity contribution in [1.82, 2.24) is 20.1 Å². The zero-order chi connectivity index (χ0) is 16.7. The number of nitrogens with zero attached hydrogens (tertiary/aromatic N) is 3. The van der Waals surface area contributed by atoms with Gasteiger partial charge in [-0.05, 0) is 32.4 Å². The van der Waals surface area contributed by atoms with Gasteiger partial charge in [0.1, 0.15) is 29.3 Å². The fourth-order valence-corrected chi connectivity index (χ4v) is 3.69. The second kappa shape index (κ2) is 6.09. The summed E-state index contributed by atoms with van der Waals surface area (Å²) in [5, 5.41) is 12.1. The lowest BCUT2D eigenvalue weighted by molar-refractivity contribution is 0.254. The van der Waals surface area contributed by atoms with Gasteiger partial charge in [-0.15, -0.1) is 10.2 Å². The lowest BCUT2D eigenvalue weighted by Crippen LogP contribution is -2.37. The van der Waals surface area contributed by atoms with Crippen LogP contribution in [0.15, 0.2) is 12.1 Å². The highest BCUT2D eigenvalue weighted by atomic mass is 16.5. The Morgan fingerprint density at radius 2 is 2.25 bits per heavy atom. The number of methoxy groups -OCH3 is 1. The van der Waals surface area contributed by atoms with Gasteiger partial charge in [0.25, 0.3) is 0 Å². The van der Waals surface area contributed by atoms with Crippen molar-refractivity contribution in [2.24, 2.45) is 0 Å². The first kappa shape index (κ1) is 15.4. The first-order valence-corrected chi connectivity index (χ1v) is 8.62. The Hall–Kier alpha value is -2.08. The van der Waals surface area contributed by atoms with Crippen LogP contribution in [-0.2, 0) is 25.9 Å². The molecular weight excluding hydrogens is 304 g/mol. The summed E-state index contributed by atoms with van der Waals surface area (Å²) >= 11 is 0. The standard InChI is InChI=1S/C18H24N4O2/c1-11-6-13-7-16(23-3)14(8-17(13)24-11)9-19-15-4-5-18-21-20-12(2)22(18)10-15/h7-8,11,15,19H,4-6,9-10H2,1-3H3. The Balaban J connectivity index is 1.47. The predicted molar refractivity (Wildman–Crippen MR) is 90.5 cm³/mol. The number of hydrogen-bond donors (Lipinski definition) is 1. The van der Waals surface area contributed by atoms with Crippen LogP contribution in [0.5, 0.6) is 11.5 Å². The summed E-state index contributed by atoms with van der Waals surface area (Å²) < 4.78 is 13.7. The minimum absolute atomic E-state index is 0.251. The van der Waals surface area contributed by atoms with Crippen LogP contribution in [0.2, 0.25) is 0 Å². The van der Waals surface area contributed by atoms with Crippen LogP contribution in [0.4, 0.5) is 0 Å². The summed E-state index contributed by atoms with van der Waals surface area (Å²) in [6.07, 6.45) is 3.26. The smallest absolute Gasteiger partial charge is 0.133 e. The number of fused-ring (bicyclic) bond motifs is 2. The Morgan fingerprint density at radius 1 is 1.38 bits per heavy atom. The summed E-state index contributed by atoms with van der Waals surface area (Å²) in [4.78, 5) is 0. The lowest BCUT2D eigenvalue weighted by atomic mass is 10.0. The van der Waals surface area contributed by atoms with E-state index in [0.29, 0.717) is 6.04 Å². The highest BCUT2D eigenvalue weighted by Gasteiger charge is 2.24. The van der Waals surface area contributed by atoms with Crippen LogP contribution in [0, 0.1) is 6.92 Å². The fraction of sp³-hybridized carbons (Fsp3) is 0.556. The number of aryl methyl sites for hydroxylation is 2. The highest BCUT2D eigenvalue weighted by molar-refractivity contribution is 5.48. The van der Waals surface area contributed by atoms with Crippen molar-refractivity contribution >= 4 is 0 Å². The summed E-state index contributed by atoms with van der Waals surface area (Å²) in [5.41, 5.74) is 2.39. The molecule has 0 fully saturated rings. The fourth-order valence-electron chi connectivity index (χ4n) is 3.69. The van der Waals surface area contributed by atoms with Crippen LogP contribution in [-0.4, -0.2) is 34.0 Å². The van der Waals surface area contributed by atoms with Crippen molar-refractivity contribution in [1.29, 1.82) is 0 Å². The van der Waals surface area contributed by atoms with Crippen LogP contribution in [0.3, 0.4) is 0 Å². The van der Waals surface area contributed by atoms with E-state index >= 15 is 0 Å². The predicted octanol–water partition coefficient (Wildman–Crippen LogP) is 2.02. The molecule has 1 N–H and O–H groups in total. The average molecular weight is 328 g/mol. The van der Waals surface area contributed by atoms with Gasteiger partial charge in [0.05, 0.1) is 7.11 Å². The molecule has 2 aromatic rings. The summed E-state index contributed by atoms with van der Waals surface area (Å²) in [6, 6.07) is 4.67. The monoisotopic (exact) mass is 328 g/mol. The van der Waals surface area contributed by atoms with Crippen LogP contribution < -0.4 is 14.8 Å². The van der Waals surface area contributed by atoms with Gasteiger partial charge in [-0.1, -0.05) is 0 Å². The number of aromatic nitrogens is 3. The third-order valence-electron chi connectivity index (χ3n) is 5.01. The van der Waals surface area contributed by atoms with Gasteiger partial charge in [-0.3, -0.25) is 0 Å². The number of nitrogens with one attached hydrogen (secondary N) is 1. The first-order valence-electron chi connectivity index (χ1n) is 8.62. The summed E-state index contributed by atoms with van der Waals surface area (Å²) in [6.45, 7) is 5.82. The van der Waals surface area contributed by atoms with E-state index < -0.39 is 0 Å². The molecule has 4 rings (SSSR count). The molecule has 2 aliphatic heterocycles. The third kappa shape index (κ3) is 2.75. The number of rotatable bonds is 4. The molecule has 2 aliphatic rings. The number of hydrogen-bond acceptors (Lipinski definition) is 5. The van der Waals surface area contributed by atoms with Gasteiger partial charge in [0.2, 0.25) is 0 Å². The Bertz CT molecular complexity index is 756. The molecule has 1 aromatic carbocycles. The third-order valence-corrected chi connectivity index (χ3v) is 5.01. The molecule has 0 radical (unpaired) electrons. The van der Waals surface area contributed by atoms with E-state index in [1.807, 2.05) is 6.92 Å². The average Bonchev–Trinajstić information content (AvgIpc) is 3.13. The minimum Gasteiger partial charge on any atom is -0.496 e. The first-order chi connectivity index (χ1) is 11.6. The SMILES string of the molecule is COc1cc2c(cc1CNC1CCc3nnc(C)n3C1)OC(C)C2. The maximum atomic E-state index is 5.89. The van der Waals surface area contributed by atoms with Crippen molar-refractivity contribution in [3.63, 3.8) is 0 Å². The van der Waals surface area contributed by atoms with Gasteiger partial charge in [0, 0.05) is 43.1 Å². The van der Waals surface area contributed by atoms with Crippen LogP contribution >= 0.6 is 0 Å². The molecule has 6 nitrogen and oxygen atoms in total. The molecule has 1 aromatic heterocycles. The molecule has 0 aliphatic carbocycles. The van der Waals surface area contributed by atoms with Gasteiger partial charge >= 0.3 is 0 Å². The van der Waals surface area contributed by atoms with Crippen molar-refractivity contribution in [3.05, 3.63) is 34.9 Å². The largest absolute Gasteiger partial charge is 0.496 e. The molecule has 3 heterocycles. The number of ether oxygens (including phenoxy) is 2. The molecule has 2 unspecified atom stereocenters. The zero-order valence-corrected chi connectivity index (χ0v) is 14.5. The Labute approximate surface area is 142 Å². The van der Waals surface area contributed by atoms with E-state index in [-0.39, 0.29) is 6.10 Å². The van der Waals surface area contributed by atoms with E-state index in [0.717, 1.165) is 61.1 Å². The van der Waals surface area contributed by atoms with Crippen molar-refractivity contribution in [3.8, 4) is 11.5 Å². The van der Waals surface area contributed by atoms with E-state index in [9.17, 15) is 0 Å². The molecule has 0 bridgehead atoms. The molecule has 128 valence electrons. The van der Waals surface area contributed by atoms with Crippen LogP contribution in [0.1, 0.15) is 36.1 Å². The Kier molecular flexibility index (Phi) is 3.92. The topological polar surface area (TPSA) is 61.2 Å². The summed E-state index contributed by atoms with van der Waals surface area (Å²) in [7, 11) is 1.73. The van der Waals surface area contributed by atoms with E-state index in [2.05, 4.69) is 39.1 Å². The molecule has 6 heteroatoms. The Morgan fingerprint density at radius 3 is 3.08 bits per heavy atom. The second-order valence-electron chi connectivity index (χ2n) is 6.79. The maximum Gasteiger partial charge on any atom is 0.133 e. The van der Waals surface area contributed by atoms with E-state index in [4.69, 9.17) is 9.47 Å². The van der Waals surface area contributed by atoms with E-state index in [1.165, 1.54) is 5.56 Å². The molecular formula is C18H24N4O2.